The number of Topliss-reactive ketones (excluding diaryl/α,β-unsaturated/α-hetero) is 1. The number of hydrazone groups is 1. The number of halogens is 1. The van der Waals surface area contributed by atoms with Crippen molar-refractivity contribution in [2.45, 2.75) is 18.9 Å². The number of hydrogen-bond donors (Lipinski definition) is 1. The average Bonchev–Trinajstić information content (AvgIpc) is 3.24. The number of hydrogen-bond acceptors (Lipinski definition) is 6. The van der Waals surface area contributed by atoms with Crippen LogP contribution in [0, 0.1) is 0 Å². The van der Waals surface area contributed by atoms with E-state index in [0.29, 0.717) is 10.6 Å². The molecule has 0 spiro atoms. The van der Waals surface area contributed by atoms with Gasteiger partial charge in [0.25, 0.3) is 0 Å². The molecule has 1 N–H and O–H groups in total. The summed E-state index contributed by atoms with van der Waals surface area (Å²) >= 11 is 7.35. The van der Waals surface area contributed by atoms with E-state index in [-0.39, 0.29) is 18.1 Å². The van der Waals surface area contributed by atoms with Crippen LogP contribution in [0.2, 0.25) is 5.02 Å². The van der Waals surface area contributed by atoms with Gasteiger partial charge in [0.15, 0.2) is 11.5 Å². The Morgan fingerprint density at radius 3 is 2.67 bits per heavy atom. The summed E-state index contributed by atoms with van der Waals surface area (Å²) in [5.41, 5.74) is 3.55. The summed E-state index contributed by atoms with van der Waals surface area (Å²) < 4.78 is 5.07. The molecule has 0 fully saturated rings. The highest BCUT2D eigenvalue weighted by Gasteiger charge is 2.42. The van der Waals surface area contributed by atoms with Crippen molar-refractivity contribution in [3.63, 3.8) is 0 Å². The van der Waals surface area contributed by atoms with Gasteiger partial charge in [-0.3, -0.25) is 10.2 Å². The van der Waals surface area contributed by atoms with Crippen LogP contribution in [0.25, 0.3) is 0 Å². The van der Waals surface area contributed by atoms with Crippen molar-refractivity contribution in [3.05, 3.63) is 57.2 Å². The van der Waals surface area contributed by atoms with E-state index < -0.39 is 17.9 Å². The molecule has 0 bridgehead atoms. The number of benzene rings is 1. The number of nitrogens with zero attached hydrogens (tertiary/aromatic N) is 1. The molecule has 124 valence electrons. The number of ether oxygens (including phenoxy) is 1. The van der Waals surface area contributed by atoms with Gasteiger partial charge >= 0.3 is 5.97 Å². The Morgan fingerprint density at radius 2 is 2.04 bits per heavy atom. The molecule has 7 heteroatoms. The maximum absolute atomic E-state index is 12.9. The Balaban J connectivity index is 1.92. The van der Waals surface area contributed by atoms with E-state index in [0.717, 1.165) is 4.88 Å². The highest BCUT2D eigenvalue weighted by molar-refractivity contribution is 7.10. The van der Waals surface area contributed by atoms with Gasteiger partial charge in [0, 0.05) is 15.5 Å². The highest BCUT2D eigenvalue weighted by Crippen LogP contribution is 2.31. The second-order valence-electron chi connectivity index (χ2n) is 5.19. The first kappa shape index (κ1) is 16.7. The van der Waals surface area contributed by atoms with Crippen molar-refractivity contribution in [2.24, 2.45) is 5.10 Å². The van der Waals surface area contributed by atoms with Gasteiger partial charge in [-0.1, -0.05) is 17.7 Å². The first-order chi connectivity index (χ1) is 11.6. The molecular formula is C17H15ClN2O3S. The van der Waals surface area contributed by atoms with E-state index in [1.54, 1.807) is 31.2 Å². The monoisotopic (exact) mass is 362 g/mol. The maximum Gasteiger partial charge on any atom is 0.355 e. The zero-order chi connectivity index (χ0) is 17.1. The second kappa shape index (κ2) is 7.15. The van der Waals surface area contributed by atoms with E-state index in [4.69, 9.17) is 16.3 Å². The standard InChI is InChI=1S/C17H15ClN2O3S/c1-2-23-17(22)15-13(12-4-3-9-24-12)14(19-20-15)16(21)10-5-7-11(18)8-6-10/h3-9,13-14,19H,2H2,1H3. The predicted molar refractivity (Wildman–Crippen MR) is 93.8 cm³/mol. The molecular weight excluding hydrogens is 348 g/mol. The van der Waals surface area contributed by atoms with Gasteiger partial charge in [-0.15, -0.1) is 11.3 Å². The molecule has 0 aliphatic carbocycles. The lowest BCUT2D eigenvalue weighted by molar-refractivity contribution is -0.135. The minimum atomic E-state index is -0.649. The zero-order valence-electron chi connectivity index (χ0n) is 12.9. The Labute approximate surface area is 148 Å². The molecule has 24 heavy (non-hydrogen) atoms. The number of carbonyl (C=O) groups is 2. The van der Waals surface area contributed by atoms with Crippen LogP contribution in [0.3, 0.4) is 0 Å². The number of ketones is 1. The summed E-state index contributed by atoms with van der Waals surface area (Å²) in [7, 11) is 0. The van der Waals surface area contributed by atoms with Crippen LogP contribution in [-0.2, 0) is 9.53 Å². The molecule has 0 amide bonds. The van der Waals surface area contributed by atoms with Crippen molar-refractivity contribution in [1.29, 1.82) is 0 Å². The fraction of sp³-hybridized carbons (Fsp3) is 0.235. The largest absolute Gasteiger partial charge is 0.461 e. The lowest BCUT2D eigenvalue weighted by atomic mass is 9.89. The second-order valence-corrected chi connectivity index (χ2v) is 6.60. The Hall–Kier alpha value is -2.18. The van der Waals surface area contributed by atoms with Gasteiger partial charge in [0.1, 0.15) is 6.04 Å². The topological polar surface area (TPSA) is 67.8 Å². The molecule has 3 rings (SSSR count). The van der Waals surface area contributed by atoms with Crippen molar-refractivity contribution < 1.29 is 14.3 Å². The smallest absolute Gasteiger partial charge is 0.355 e. The highest BCUT2D eigenvalue weighted by atomic mass is 35.5. The molecule has 1 aromatic carbocycles. The predicted octanol–water partition coefficient (Wildman–Crippen LogP) is 3.26. The number of nitrogens with one attached hydrogen (secondary N) is 1. The van der Waals surface area contributed by atoms with E-state index in [1.165, 1.54) is 11.3 Å². The summed E-state index contributed by atoms with van der Waals surface area (Å²) in [6.45, 7) is 1.99. The molecule has 2 unspecified atom stereocenters. The normalized spacial score (nSPS) is 19.5. The summed E-state index contributed by atoms with van der Waals surface area (Å²) in [4.78, 5) is 25.9. The third kappa shape index (κ3) is 3.20. The zero-order valence-corrected chi connectivity index (χ0v) is 14.4. The quantitative estimate of drug-likeness (QED) is 0.654. The lowest BCUT2D eigenvalue weighted by Crippen LogP contribution is -2.37. The Kier molecular flexibility index (Phi) is 4.97. The van der Waals surface area contributed by atoms with Gasteiger partial charge in [0.2, 0.25) is 0 Å². The molecule has 0 saturated heterocycles. The molecule has 1 aliphatic rings. The van der Waals surface area contributed by atoms with Crippen molar-refractivity contribution in [2.75, 3.05) is 6.61 Å². The Morgan fingerprint density at radius 1 is 1.29 bits per heavy atom. The molecule has 2 aromatic rings. The lowest BCUT2D eigenvalue weighted by Gasteiger charge is -2.18. The molecule has 2 heterocycles. The number of esters is 1. The van der Waals surface area contributed by atoms with Crippen LogP contribution < -0.4 is 5.43 Å². The Bertz CT molecular complexity index is 772. The van der Waals surface area contributed by atoms with Crippen LogP contribution in [0.1, 0.15) is 28.1 Å². The van der Waals surface area contributed by atoms with Crippen LogP contribution in [0.4, 0.5) is 0 Å². The molecule has 1 aliphatic heterocycles. The van der Waals surface area contributed by atoms with Gasteiger partial charge in [-0.05, 0) is 42.6 Å². The summed E-state index contributed by atoms with van der Waals surface area (Å²) in [6, 6.07) is 9.78. The van der Waals surface area contributed by atoms with E-state index in [2.05, 4.69) is 10.5 Å². The van der Waals surface area contributed by atoms with Crippen molar-refractivity contribution in [1.82, 2.24) is 5.43 Å². The third-order valence-corrected chi connectivity index (χ3v) is 4.90. The first-order valence-corrected chi connectivity index (χ1v) is 8.71. The number of carbonyl (C=O) groups excluding carboxylic acids is 2. The van der Waals surface area contributed by atoms with Gasteiger partial charge in [-0.2, -0.15) is 5.10 Å². The first-order valence-electron chi connectivity index (χ1n) is 7.45. The summed E-state index contributed by atoms with van der Waals surface area (Å²) in [6.07, 6.45) is 0. The van der Waals surface area contributed by atoms with Crippen LogP contribution in [0.15, 0.2) is 46.9 Å². The fourth-order valence-electron chi connectivity index (χ4n) is 2.59. The minimum absolute atomic E-state index is 0.145. The van der Waals surface area contributed by atoms with Crippen LogP contribution in [-0.4, -0.2) is 30.1 Å². The van der Waals surface area contributed by atoms with Crippen LogP contribution >= 0.6 is 22.9 Å². The van der Waals surface area contributed by atoms with Crippen LogP contribution in [0.5, 0.6) is 0 Å². The summed E-state index contributed by atoms with van der Waals surface area (Å²) in [5, 5.41) is 6.55. The molecule has 0 radical (unpaired) electrons. The van der Waals surface area contributed by atoms with Crippen molar-refractivity contribution >= 4 is 40.4 Å². The SMILES string of the molecule is CCOC(=O)C1=NNC(C(=O)c2ccc(Cl)cc2)C1c1cccs1. The summed E-state index contributed by atoms with van der Waals surface area (Å²) in [5.74, 6) is -1.12. The van der Waals surface area contributed by atoms with Gasteiger partial charge in [0.05, 0.1) is 12.5 Å². The molecule has 1 aromatic heterocycles. The molecule has 0 saturated carbocycles. The number of thiophene rings is 1. The van der Waals surface area contributed by atoms with Crippen molar-refractivity contribution in [3.8, 4) is 0 Å². The van der Waals surface area contributed by atoms with Gasteiger partial charge < -0.3 is 4.74 Å². The fourth-order valence-corrected chi connectivity index (χ4v) is 3.58. The third-order valence-electron chi connectivity index (χ3n) is 3.70. The number of rotatable bonds is 5. The molecule has 2 atom stereocenters. The van der Waals surface area contributed by atoms with E-state index in [1.807, 2.05) is 17.5 Å². The maximum atomic E-state index is 12.9. The molecule has 5 nitrogen and oxygen atoms in total. The van der Waals surface area contributed by atoms with Gasteiger partial charge in [-0.25, -0.2) is 4.79 Å². The van der Waals surface area contributed by atoms with E-state index >= 15 is 0 Å². The minimum Gasteiger partial charge on any atom is -0.461 e. The van der Waals surface area contributed by atoms with E-state index in [9.17, 15) is 9.59 Å². The average molecular weight is 363 g/mol.